The maximum absolute atomic E-state index is 14.9. The van der Waals surface area contributed by atoms with E-state index in [0.29, 0.717) is 35.6 Å². The lowest BCUT2D eigenvalue weighted by atomic mass is 9.82. The topological polar surface area (TPSA) is 137 Å². The van der Waals surface area contributed by atoms with Gasteiger partial charge in [-0.3, -0.25) is 29.0 Å². The van der Waals surface area contributed by atoms with Crippen LogP contribution in [0.15, 0.2) is 72.8 Å². The van der Waals surface area contributed by atoms with Crippen LogP contribution in [0.25, 0.3) is 0 Å². The molecule has 7 rings (SSSR count). The number of benzene rings is 3. The van der Waals surface area contributed by atoms with E-state index in [9.17, 15) is 29.1 Å². The van der Waals surface area contributed by atoms with Gasteiger partial charge in [-0.25, -0.2) is 0 Å². The van der Waals surface area contributed by atoms with Crippen molar-refractivity contribution in [3.8, 4) is 0 Å². The molecule has 3 amide bonds. The molecule has 2 N–H and O–H groups in total. The van der Waals surface area contributed by atoms with Crippen LogP contribution in [0.4, 0.5) is 17.1 Å². The number of anilines is 3. The zero-order chi connectivity index (χ0) is 34.8. The first kappa shape index (κ1) is 33.1. The Balaban J connectivity index is 1.30. The van der Waals surface area contributed by atoms with E-state index in [4.69, 9.17) is 9.47 Å². The number of amides is 3. The molecule has 2 fully saturated rings. The van der Waals surface area contributed by atoms with Gasteiger partial charge < -0.3 is 24.3 Å². The molecule has 1 unspecified atom stereocenters. The molecule has 6 atom stereocenters. The Kier molecular flexibility index (Phi) is 8.25. The van der Waals surface area contributed by atoms with Crippen LogP contribution in [0.3, 0.4) is 0 Å². The van der Waals surface area contributed by atoms with Crippen molar-refractivity contribution in [3.63, 3.8) is 0 Å². The largest absolute Gasteiger partial charge is 0.441 e. The van der Waals surface area contributed by atoms with Crippen molar-refractivity contribution in [2.75, 3.05) is 16.4 Å². The van der Waals surface area contributed by atoms with Gasteiger partial charge in [0.25, 0.3) is 5.91 Å². The molecule has 49 heavy (non-hydrogen) atoms. The van der Waals surface area contributed by atoms with Crippen LogP contribution in [0, 0.1) is 5.92 Å². The van der Waals surface area contributed by atoms with Gasteiger partial charge in [0.1, 0.15) is 0 Å². The molecule has 12 heteroatoms. The summed E-state index contributed by atoms with van der Waals surface area (Å²) < 4.78 is 12.3. The van der Waals surface area contributed by atoms with Gasteiger partial charge in [0.05, 0.1) is 37.3 Å². The standard InChI is InChI=1S/C37H41N3O8Si/c1-22-35(49(3,4)46)31(18-32(43)38-20-25-11-9-8-10-24(25)16-28(38)21-41)48-37(22)29-17-27(40-33(44)19-34(40)47-23(2)42)14-15-30(29)39(36(37)45)26-12-6-5-7-13-26/h5-15,17,22,28,31,34-35,41,46H,16,18-21H2,1-4H3/t22-,28-,31+,34?,35-,37+/m0/s1. The van der Waals surface area contributed by atoms with Crippen LogP contribution in [-0.4, -0.2) is 71.8 Å². The molecule has 256 valence electrons. The maximum Gasteiger partial charge on any atom is 0.304 e. The van der Waals surface area contributed by atoms with Crippen molar-refractivity contribution >= 4 is 49.1 Å². The van der Waals surface area contributed by atoms with Gasteiger partial charge in [-0.15, -0.1) is 0 Å². The molecular formula is C37H41N3O8Si. The summed E-state index contributed by atoms with van der Waals surface area (Å²) in [6, 6.07) is 21.9. The Labute approximate surface area is 286 Å². The van der Waals surface area contributed by atoms with Gasteiger partial charge in [0, 0.05) is 41.9 Å². The van der Waals surface area contributed by atoms with E-state index in [1.165, 1.54) is 11.8 Å². The minimum atomic E-state index is -3.10. The number of fused-ring (bicyclic) bond motifs is 3. The lowest BCUT2D eigenvalue weighted by molar-refractivity contribution is -0.154. The number of carbonyl (C=O) groups is 4. The number of ether oxygens (including phenoxy) is 2. The van der Waals surface area contributed by atoms with Gasteiger partial charge in [-0.1, -0.05) is 49.4 Å². The molecule has 2 saturated heterocycles. The molecule has 0 bridgehead atoms. The van der Waals surface area contributed by atoms with Crippen molar-refractivity contribution < 1.29 is 38.6 Å². The predicted octanol–water partition coefficient (Wildman–Crippen LogP) is 4.12. The fourth-order valence-electron chi connectivity index (χ4n) is 8.49. The number of carbonyl (C=O) groups excluding carboxylic acids is 4. The SMILES string of the molecule is CC(=O)OC1CC(=O)N1c1ccc2c(c1)[C@@]1(O[C@H](CC(=O)N3Cc4ccccc4C[C@H]3CO)[C@@H]([Si](C)(C)O)[C@@H]1C)C(=O)N2c1ccccc1. The normalized spacial score (nSPS) is 27.6. The van der Waals surface area contributed by atoms with Gasteiger partial charge in [-0.2, -0.15) is 0 Å². The molecule has 0 radical (unpaired) electrons. The third-order valence-electron chi connectivity index (χ3n) is 10.6. The molecule has 0 aliphatic carbocycles. The molecule has 3 aromatic carbocycles. The van der Waals surface area contributed by atoms with E-state index < -0.39 is 49.7 Å². The number of nitrogens with zero attached hydrogens (tertiary/aromatic N) is 3. The molecular weight excluding hydrogens is 643 g/mol. The first-order valence-electron chi connectivity index (χ1n) is 16.8. The Bertz CT molecular complexity index is 1830. The van der Waals surface area contributed by atoms with Gasteiger partial charge in [-0.05, 0) is 61.0 Å². The number of β-lactam (4-membered cyclic amide) rings is 1. The molecule has 4 aliphatic rings. The summed E-state index contributed by atoms with van der Waals surface area (Å²) in [4.78, 5) is 70.2. The third-order valence-corrected chi connectivity index (χ3v) is 13.1. The zero-order valence-corrected chi connectivity index (χ0v) is 29.0. The highest BCUT2D eigenvalue weighted by molar-refractivity contribution is 6.71. The second-order valence-corrected chi connectivity index (χ2v) is 18.1. The summed E-state index contributed by atoms with van der Waals surface area (Å²) in [5.41, 5.74) is 2.18. The summed E-state index contributed by atoms with van der Waals surface area (Å²) in [6.07, 6.45) is -1.08. The van der Waals surface area contributed by atoms with Crippen molar-refractivity contribution in [1.82, 2.24) is 4.90 Å². The number of hydrogen-bond acceptors (Lipinski definition) is 8. The number of aliphatic hydroxyl groups excluding tert-OH is 1. The molecule has 0 aromatic heterocycles. The second-order valence-electron chi connectivity index (χ2n) is 14.1. The predicted molar refractivity (Wildman–Crippen MR) is 183 cm³/mol. The highest BCUT2D eigenvalue weighted by atomic mass is 28.4. The Morgan fingerprint density at radius 3 is 2.33 bits per heavy atom. The van der Waals surface area contributed by atoms with Crippen LogP contribution in [0.5, 0.6) is 0 Å². The van der Waals surface area contributed by atoms with Crippen LogP contribution >= 0.6 is 0 Å². The number of para-hydroxylation sites is 1. The van der Waals surface area contributed by atoms with Crippen molar-refractivity contribution in [1.29, 1.82) is 0 Å². The second kappa shape index (κ2) is 12.2. The quantitative estimate of drug-likeness (QED) is 0.216. The maximum atomic E-state index is 14.9. The summed E-state index contributed by atoms with van der Waals surface area (Å²) in [6.45, 7) is 6.94. The zero-order valence-electron chi connectivity index (χ0n) is 28.0. The number of rotatable bonds is 7. The van der Waals surface area contributed by atoms with Crippen LogP contribution in [-0.2, 0) is 47.2 Å². The molecule has 0 saturated carbocycles. The molecule has 3 aromatic rings. The third kappa shape index (κ3) is 5.37. The first-order chi connectivity index (χ1) is 23.3. The van der Waals surface area contributed by atoms with Gasteiger partial charge in [0.2, 0.25) is 11.8 Å². The van der Waals surface area contributed by atoms with E-state index in [2.05, 4.69) is 0 Å². The minimum absolute atomic E-state index is 0.0517. The summed E-state index contributed by atoms with van der Waals surface area (Å²) in [5.74, 6) is -1.86. The van der Waals surface area contributed by atoms with Crippen molar-refractivity contribution in [2.45, 2.75) is 82.3 Å². The number of hydrogen-bond donors (Lipinski definition) is 2. The Morgan fingerprint density at radius 2 is 1.67 bits per heavy atom. The summed E-state index contributed by atoms with van der Waals surface area (Å²) in [7, 11) is -3.10. The minimum Gasteiger partial charge on any atom is -0.441 e. The molecule has 4 heterocycles. The molecule has 4 aliphatic heterocycles. The lowest BCUT2D eigenvalue weighted by Gasteiger charge is -2.39. The highest BCUT2D eigenvalue weighted by Crippen LogP contribution is 2.61. The Morgan fingerprint density at radius 1 is 0.980 bits per heavy atom. The molecule has 1 spiro atoms. The van der Waals surface area contributed by atoms with E-state index in [0.717, 1.165) is 11.1 Å². The van der Waals surface area contributed by atoms with Gasteiger partial charge >= 0.3 is 5.97 Å². The lowest BCUT2D eigenvalue weighted by Crippen LogP contribution is -2.55. The molecule has 11 nitrogen and oxygen atoms in total. The first-order valence-corrected chi connectivity index (χ1v) is 19.8. The average molecular weight is 684 g/mol. The van der Waals surface area contributed by atoms with Crippen LogP contribution in [0.2, 0.25) is 18.6 Å². The fraction of sp³-hybridized carbons (Fsp3) is 0.405. The smallest absolute Gasteiger partial charge is 0.304 e. The van der Waals surface area contributed by atoms with Crippen molar-refractivity contribution in [3.05, 3.63) is 89.5 Å². The summed E-state index contributed by atoms with van der Waals surface area (Å²) in [5, 5.41) is 10.3. The average Bonchev–Trinajstić information content (AvgIpc) is 3.49. The van der Waals surface area contributed by atoms with E-state index in [1.807, 2.05) is 61.5 Å². The summed E-state index contributed by atoms with van der Waals surface area (Å²) >= 11 is 0. The van der Waals surface area contributed by atoms with Crippen LogP contribution < -0.4 is 9.80 Å². The van der Waals surface area contributed by atoms with E-state index >= 15 is 0 Å². The van der Waals surface area contributed by atoms with Crippen molar-refractivity contribution in [2.24, 2.45) is 5.92 Å². The van der Waals surface area contributed by atoms with E-state index in [1.54, 1.807) is 41.1 Å². The number of esters is 1. The fourth-order valence-corrected chi connectivity index (χ4v) is 11.0. The Hall–Kier alpha value is -4.36. The highest BCUT2D eigenvalue weighted by Gasteiger charge is 2.67. The monoisotopic (exact) mass is 683 g/mol. The van der Waals surface area contributed by atoms with E-state index in [-0.39, 0.29) is 37.2 Å². The van der Waals surface area contributed by atoms with Crippen LogP contribution in [0.1, 0.15) is 43.4 Å². The number of aliphatic hydroxyl groups is 1. The van der Waals surface area contributed by atoms with Gasteiger partial charge in [0.15, 0.2) is 20.1 Å².